The van der Waals surface area contributed by atoms with Crippen LogP contribution in [0.25, 0.3) is 11.2 Å². The Morgan fingerprint density at radius 2 is 2.35 bits per heavy atom. The normalized spacial score (nSPS) is 30.3. The zero-order valence-electron chi connectivity index (χ0n) is 12.1. The Kier molecular flexibility index (Phi) is 3.57. The summed E-state index contributed by atoms with van der Waals surface area (Å²) in [6, 6.07) is 0. The highest BCUT2D eigenvalue weighted by atomic mass is 16.6. The summed E-state index contributed by atoms with van der Waals surface area (Å²) in [5.74, 6) is 4.88. The van der Waals surface area contributed by atoms with Gasteiger partial charge in [-0.1, -0.05) is 5.92 Å². The number of aliphatic hydroxyl groups is 3. The van der Waals surface area contributed by atoms with Crippen molar-refractivity contribution in [2.75, 3.05) is 12.3 Å². The summed E-state index contributed by atoms with van der Waals surface area (Å²) in [4.78, 5) is 22.0. The van der Waals surface area contributed by atoms with Crippen molar-refractivity contribution in [2.24, 2.45) is 0 Å². The summed E-state index contributed by atoms with van der Waals surface area (Å²) in [6.45, 7) is 0.967. The number of hydrogen-bond donors (Lipinski definition) is 5. The fourth-order valence-electron chi connectivity index (χ4n) is 2.64. The second kappa shape index (κ2) is 5.32. The number of aromatic nitrogens is 4. The molecule has 0 spiro atoms. The van der Waals surface area contributed by atoms with Gasteiger partial charge in [0.15, 0.2) is 23.0 Å². The van der Waals surface area contributed by atoms with Gasteiger partial charge in [-0.3, -0.25) is 14.3 Å². The van der Waals surface area contributed by atoms with Gasteiger partial charge in [0.1, 0.15) is 12.2 Å². The molecule has 1 aliphatic heterocycles. The Labute approximate surface area is 129 Å². The number of fused-ring (bicyclic) bond motifs is 1. The van der Waals surface area contributed by atoms with E-state index in [4.69, 9.17) is 10.5 Å². The number of anilines is 1. The molecule has 4 atom stereocenters. The summed E-state index contributed by atoms with van der Waals surface area (Å²) in [6.07, 6.45) is -2.50. The maximum absolute atomic E-state index is 11.8. The minimum atomic E-state index is -2.01. The molecule has 0 aliphatic carbocycles. The summed E-state index contributed by atoms with van der Waals surface area (Å²) < 4.78 is 6.75. The van der Waals surface area contributed by atoms with Crippen LogP contribution in [0, 0.1) is 11.8 Å². The van der Waals surface area contributed by atoms with E-state index in [1.54, 1.807) is 0 Å². The van der Waals surface area contributed by atoms with Crippen LogP contribution in [0.15, 0.2) is 11.1 Å². The third-order valence-corrected chi connectivity index (χ3v) is 3.69. The van der Waals surface area contributed by atoms with Crippen molar-refractivity contribution in [1.29, 1.82) is 0 Å². The molecule has 1 fully saturated rings. The number of aromatic amines is 1. The predicted molar refractivity (Wildman–Crippen MR) is 78.0 cm³/mol. The van der Waals surface area contributed by atoms with Crippen LogP contribution < -0.4 is 11.3 Å². The first-order chi connectivity index (χ1) is 10.9. The second-order valence-electron chi connectivity index (χ2n) is 5.13. The third-order valence-electron chi connectivity index (χ3n) is 3.69. The molecule has 1 aliphatic rings. The minimum absolute atomic E-state index is 0.00320. The number of imidazole rings is 1. The van der Waals surface area contributed by atoms with Crippen molar-refractivity contribution in [3.05, 3.63) is 16.7 Å². The quantitative estimate of drug-likeness (QED) is 0.386. The topological polar surface area (TPSA) is 160 Å². The van der Waals surface area contributed by atoms with E-state index in [-0.39, 0.29) is 17.1 Å². The van der Waals surface area contributed by atoms with Gasteiger partial charge in [0.05, 0.1) is 12.9 Å². The van der Waals surface area contributed by atoms with Crippen LogP contribution in [0.2, 0.25) is 0 Å². The monoisotopic (exact) mass is 321 g/mol. The Hall–Kier alpha value is -2.45. The van der Waals surface area contributed by atoms with Gasteiger partial charge < -0.3 is 25.8 Å². The number of aliphatic hydroxyl groups excluding tert-OH is 2. The highest BCUT2D eigenvalue weighted by molar-refractivity contribution is 5.70. The van der Waals surface area contributed by atoms with E-state index in [1.165, 1.54) is 17.8 Å². The van der Waals surface area contributed by atoms with E-state index in [9.17, 15) is 20.1 Å². The standard InChI is InChI=1S/C13H15N5O5/c1-2-3-13(22)8(20)6(4-19)23-11(13)18-5-15-7-9(18)16-12(14)17-10(7)21/h5-6,8,11,19-20,22H,4H2,1H3,(H3,14,16,17,21)/t6-,8?,11-,13-/m1/s1. The zero-order valence-corrected chi connectivity index (χ0v) is 12.1. The number of H-pyrrole nitrogens is 1. The number of nitrogens with zero attached hydrogens (tertiary/aromatic N) is 3. The number of ether oxygens (including phenoxy) is 1. The van der Waals surface area contributed by atoms with E-state index >= 15 is 0 Å². The molecular formula is C13H15N5O5. The first kappa shape index (κ1) is 15.4. The summed E-state index contributed by atoms with van der Waals surface area (Å²) in [5.41, 5.74) is 3.04. The number of rotatable bonds is 2. The Bertz CT molecular complexity index is 865. The van der Waals surface area contributed by atoms with Crippen LogP contribution in [-0.4, -0.2) is 59.3 Å². The van der Waals surface area contributed by atoms with Crippen molar-refractivity contribution < 1.29 is 20.1 Å². The molecule has 2 aromatic rings. The van der Waals surface area contributed by atoms with Crippen LogP contribution in [-0.2, 0) is 4.74 Å². The van der Waals surface area contributed by atoms with Crippen molar-refractivity contribution in [1.82, 2.24) is 19.5 Å². The second-order valence-corrected chi connectivity index (χ2v) is 5.13. The molecule has 3 rings (SSSR count). The molecule has 6 N–H and O–H groups in total. The van der Waals surface area contributed by atoms with Gasteiger partial charge >= 0.3 is 0 Å². The third kappa shape index (κ3) is 2.18. The highest BCUT2D eigenvalue weighted by Gasteiger charge is 2.55. The Balaban J connectivity index is 2.20. The van der Waals surface area contributed by atoms with Crippen LogP contribution in [0.3, 0.4) is 0 Å². The lowest BCUT2D eigenvalue weighted by Crippen LogP contribution is -2.45. The SMILES string of the molecule is CC#C[C@@]1(O)C(O)[C@@H](CO)O[C@H]1n1cnc2c(=O)[nH]c(N)nc21. The maximum atomic E-state index is 11.8. The molecule has 3 heterocycles. The van der Waals surface area contributed by atoms with Crippen molar-refractivity contribution in [2.45, 2.75) is 31.0 Å². The van der Waals surface area contributed by atoms with Crippen molar-refractivity contribution >= 4 is 17.1 Å². The van der Waals surface area contributed by atoms with Gasteiger partial charge in [-0.05, 0) is 6.92 Å². The molecule has 1 unspecified atom stereocenters. The molecule has 10 heteroatoms. The molecular weight excluding hydrogens is 306 g/mol. The number of nitrogens with one attached hydrogen (secondary N) is 1. The highest BCUT2D eigenvalue weighted by Crippen LogP contribution is 2.39. The molecule has 2 aromatic heterocycles. The average molecular weight is 321 g/mol. The van der Waals surface area contributed by atoms with Crippen LogP contribution in [0.1, 0.15) is 13.2 Å². The molecule has 122 valence electrons. The van der Waals surface area contributed by atoms with Crippen molar-refractivity contribution in [3.8, 4) is 11.8 Å². The lowest BCUT2D eigenvalue weighted by Gasteiger charge is -2.26. The van der Waals surface area contributed by atoms with Gasteiger partial charge in [-0.2, -0.15) is 4.98 Å². The minimum Gasteiger partial charge on any atom is -0.394 e. The summed E-state index contributed by atoms with van der Waals surface area (Å²) in [5, 5.41) is 30.2. The van der Waals surface area contributed by atoms with E-state index in [2.05, 4.69) is 26.8 Å². The first-order valence-electron chi connectivity index (χ1n) is 6.75. The van der Waals surface area contributed by atoms with Crippen LogP contribution in [0.4, 0.5) is 5.95 Å². The first-order valence-corrected chi connectivity index (χ1v) is 6.75. The molecule has 0 aromatic carbocycles. The maximum Gasteiger partial charge on any atom is 0.280 e. The molecule has 0 radical (unpaired) electrons. The van der Waals surface area contributed by atoms with Gasteiger partial charge in [0, 0.05) is 0 Å². The lowest BCUT2D eigenvalue weighted by atomic mass is 9.94. The lowest BCUT2D eigenvalue weighted by molar-refractivity contribution is -0.0722. The van der Waals surface area contributed by atoms with Gasteiger partial charge in [0.2, 0.25) is 5.95 Å². The molecule has 23 heavy (non-hydrogen) atoms. The van der Waals surface area contributed by atoms with Crippen LogP contribution >= 0.6 is 0 Å². The van der Waals surface area contributed by atoms with E-state index in [0.29, 0.717) is 0 Å². The Morgan fingerprint density at radius 1 is 1.61 bits per heavy atom. The largest absolute Gasteiger partial charge is 0.394 e. The van der Waals surface area contributed by atoms with E-state index < -0.39 is 36.2 Å². The van der Waals surface area contributed by atoms with Gasteiger partial charge in [-0.15, -0.1) is 5.92 Å². The smallest absolute Gasteiger partial charge is 0.280 e. The van der Waals surface area contributed by atoms with Gasteiger partial charge in [-0.25, -0.2) is 4.98 Å². The fourth-order valence-corrected chi connectivity index (χ4v) is 2.64. The number of hydrogen-bond acceptors (Lipinski definition) is 8. The molecule has 0 amide bonds. The molecule has 0 bridgehead atoms. The summed E-state index contributed by atoms with van der Waals surface area (Å²) in [7, 11) is 0. The van der Waals surface area contributed by atoms with E-state index in [0.717, 1.165) is 0 Å². The fraction of sp³-hybridized carbons (Fsp3) is 0.462. The average Bonchev–Trinajstić information content (AvgIpc) is 3.01. The number of nitrogen functional groups attached to an aromatic ring is 1. The van der Waals surface area contributed by atoms with Crippen molar-refractivity contribution in [3.63, 3.8) is 0 Å². The molecule has 10 nitrogen and oxygen atoms in total. The van der Waals surface area contributed by atoms with E-state index in [1.807, 2.05) is 0 Å². The molecule has 1 saturated heterocycles. The predicted octanol–water partition coefficient (Wildman–Crippen LogP) is -2.29. The summed E-state index contributed by atoms with van der Waals surface area (Å²) >= 11 is 0. The Morgan fingerprint density at radius 3 is 3.00 bits per heavy atom. The van der Waals surface area contributed by atoms with Crippen LogP contribution in [0.5, 0.6) is 0 Å². The molecule has 0 saturated carbocycles. The van der Waals surface area contributed by atoms with Gasteiger partial charge in [0.25, 0.3) is 5.56 Å². The zero-order chi connectivity index (χ0) is 16.8. The number of nitrogens with two attached hydrogens (primary N) is 1.